The SMILES string of the molecule is O=C(CSc1ccccc1)N(Cc1ccccn1)c1nc2ccc(F)cc2s1. The van der Waals surface area contributed by atoms with E-state index >= 15 is 0 Å². The summed E-state index contributed by atoms with van der Waals surface area (Å²) in [5.41, 5.74) is 1.45. The van der Waals surface area contributed by atoms with Gasteiger partial charge in [0.05, 0.1) is 28.2 Å². The Morgan fingerprint density at radius 3 is 2.68 bits per heavy atom. The van der Waals surface area contributed by atoms with Gasteiger partial charge in [0.15, 0.2) is 5.13 Å². The predicted molar refractivity (Wildman–Crippen MR) is 112 cm³/mol. The number of thioether (sulfide) groups is 1. The van der Waals surface area contributed by atoms with Gasteiger partial charge in [-0.25, -0.2) is 9.37 Å². The Labute approximate surface area is 170 Å². The average Bonchev–Trinajstić information content (AvgIpc) is 3.14. The Morgan fingerprint density at radius 1 is 1.07 bits per heavy atom. The van der Waals surface area contributed by atoms with Crippen molar-refractivity contribution >= 4 is 44.4 Å². The minimum Gasteiger partial charge on any atom is -0.281 e. The number of hydrogen-bond acceptors (Lipinski definition) is 5. The standard InChI is InChI=1S/C21H16FN3OS2/c22-15-9-10-18-19(12-15)28-21(24-18)25(13-16-6-4-5-11-23-16)20(26)14-27-17-7-2-1-3-8-17/h1-12H,13-14H2. The fourth-order valence-electron chi connectivity index (χ4n) is 2.66. The van der Waals surface area contributed by atoms with Crippen LogP contribution in [0.15, 0.2) is 77.8 Å². The summed E-state index contributed by atoms with van der Waals surface area (Å²) in [4.78, 5) is 24.6. The molecule has 4 aromatic rings. The highest BCUT2D eigenvalue weighted by Crippen LogP contribution is 2.31. The van der Waals surface area contributed by atoms with Crippen LogP contribution in [0.2, 0.25) is 0 Å². The van der Waals surface area contributed by atoms with Gasteiger partial charge >= 0.3 is 0 Å². The van der Waals surface area contributed by atoms with Crippen LogP contribution < -0.4 is 4.90 Å². The van der Waals surface area contributed by atoms with Crippen LogP contribution in [0.5, 0.6) is 0 Å². The van der Waals surface area contributed by atoms with Crippen molar-refractivity contribution in [2.75, 3.05) is 10.7 Å². The lowest BCUT2D eigenvalue weighted by atomic mass is 10.3. The van der Waals surface area contributed by atoms with Crippen LogP contribution >= 0.6 is 23.1 Å². The lowest BCUT2D eigenvalue weighted by Crippen LogP contribution is -2.32. The van der Waals surface area contributed by atoms with E-state index < -0.39 is 0 Å². The summed E-state index contributed by atoms with van der Waals surface area (Å²) in [5, 5.41) is 0.546. The summed E-state index contributed by atoms with van der Waals surface area (Å²) >= 11 is 2.78. The molecule has 0 N–H and O–H groups in total. The van der Waals surface area contributed by atoms with Crippen LogP contribution in [0.1, 0.15) is 5.69 Å². The van der Waals surface area contributed by atoms with Crippen molar-refractivity contribution in [1.82, 2.24) is 9.97 Å². The molecule has 0 aliphatic carbocycles. The summed E-state index contributed by atoms with van der Waals surface area (Å²) in [6.45, 7) is 0.317. The monoisotopic (exact) mass is 409 g/mol. The lowest BCUT2D eigenvalue weighted by molar-refractivity contribution is -0.116. The highest BCUT2D eigenvalue weighted by molar-refractivity contribution is 8.00. The third-order valence-electron chi connectivity index (χ3n) is 4.02. The number of thiazole rings is 1. The van der Waals surface area contributed by atoms with Crippen LogP contribution in [0.4, 0.5) is 9.52 Å². The quantitative estimate of drug-likeness (QED) is 0.413. The number of carbonyl (C=O) groups excluding carboxylic acids is 1. The van der Waals surface area contributed by atoms with E-state index in [9.17, 15) is 9.18 Å². The predicted octanol–water partition coefficient (Wildman–Crippen LogP) is 5.16. The van der Waals surface area contributed by atoms with Gasteiger partial charge in [-0.05, 0) is 42.5 Å². The third kappa shape index (κ3) is 4.37. The molecule has 0 radical (unpaired) electrons. The molecule has 28 heavy (non-hydrogen) atoms. The molecule has 2 aromatic heterocycles. The Bertz CT molecular complexity index is 1090. The second kappa shape index (κ2) is 8.50. The molecule has 0 bridgehead atoms. The molecule has 1 amide bonds. The zero-order valence-electron chi connectivity index (χ0n) is 14.8. The number of benzene rings is 2. The van der Waals surface area contributed by atoms with Crippen LogP contribution in [0.3, 0.4) is 0 Å². The Morgan fingerprint density at radius 2 is 1.89 bits per heavy atom. The number of amides is 1. The molecule has 7 heteroatoms. The number of anilines is 1. The summed E-state index contributed by atoms with van der Waals surface area (Å²) in [7, 11) is 0. The molecule has 4 nitrogen and oxygen atoms in total. The minimum absolute atomic E-state index is 0.0703. The Hall–Kier alpha value is -2.77. The summed E-state index contributed by atoms with van der Waals surface area (Å²) in [6.07, 6.45) is 1.70. The smallest absolute Gasteiger partial charge is 0.239 e. The fourth-order valence-corrected chi connectivity index (χ4v) is 4.46. The van der Waals surface area contributed by atoms with Gasteiger partial charge in [-0.2, -0.15) is 0 Å². The van der Waals surface area contributed by atoms with E-state index in [-0.39, 0.29) is 17.5 Å². The molecule has 2 heterocycles. The van der Waals surface area contributed by atoms with Crippen LogP contribution in [0, 0.1) is 5.82 Å². The molecule has 4 rings (SSSR count). The van der Waals surface area contributed by atoms with Crippen molar-refractivity contribution < 1.29 is 9.18 Å². The number of fused-ring (bicyclic) bond motifs is 1. The third-order valence-corrected chi connectivity index (χ3v) is 6.06. The van der Waals surface area contributed by atoms with Crippen LogP contribution in [0.25, 0.3) is 10.2 Å². The average molecular weight is 410 g/mol. The van der Waals surface area contributed by atoms with E-state index in [1.165, 1.54) is 35.2 Å². The molecule has 0 spiro atoms. The topological polar surface area (TPSA) is 46.1 Å². The molecule has 2 aromatic carbocycles. The number of pyridine rings is 1. The maximum absolute atomic E-state index is 13.5. The van der Waals surface area contributed by atoms with Crippen molar-refractivity contribution in [3.63, 3.8) is 0 Å². The molecule has 0 aliphatic heterocycles. The van der Waals surface area contributed by atoms with Gasteiger partial charge in [-0.1, -0.05) is 35.6 Å². The molecule has 0 unspecified atom stereocenters. The van der Waals surface area contributed by atoms with E-state index in [2.05, 4.69) is 9.97 Å². The van der Waals surface area contributed by atoms with Gasteiger partial charge in [-0.15, -0.1) is 11.8 Å². The first-order valence-electron chi connectivity index (χ1n) is 8.63. The van der Waals surface area contributed by atoms with Gasteiger partial charge in [0.25, 0.3) is 0 Å². The van der Waals surface area contributed by atoms with Gasteiger partial charge < -0.3 is 0 Å². The lowest BCUT2D eigenvalue weighted by Gasteiger charge is -2.19. The van der Waals surface area contributed by atoms with E-state index in [4.69, 9.17) is 0 Å². The van der Waals surface area contributed by atoms with Crippen molar-refractivity contribution in [3.05, 3.63) is 84.4 Å². The highest BCUT2D eigenvalue weighted by Gasteiger charge is 2.21. The number of nitrogens with zero attached hydrogens (tertiary/aromatic N) is 3. The first-order chi connectivity index (χ1) is 13.7. The summed E-state index contributed by atoms with van der Waals surface area (Å²) in [6, 6.07) is 19.8. The largest absolute Gasteiger partial charge is 0.281 e. The number of halogens is 1. The first-order valence-corrected chi connectivity index (χ1v) is 10.4. The second-order valence-electron chi connectivity index (χ2n) is 6.01. The molecule has 0 atom stereocenters. The van der Waals surface area contributed by atoms with E-state index in [1.54, 1.807) is 17.2 Å². The minimum atomic E-state index is -0.315. The molecule has 0 fully saturated rings. The van der Waals surface area contributed by atoms with Gasteiger partial charge in [0, 0.05) is 11.1 Å². The summed E-state index contributed by atoms with van der Waals surface area (Å²) in [5.74, 6) is -0.106. The molecular formula is C21H16FN3OS2. The first kappa shape index (κ1) is 18.6. The van der Waals surface area contributed by atoms with Crippen molar-refractivity contribution in [2.45, 2.75) is 11.4 Å². The van der Waals surface area contributed by atoms with Gasteiger partial charge in [0.2, 0.25) is 5.91 Å². The van der Waals surface area contributed by atoms with E-state index in [0.717, 1.165) is 10.6 Å². The highest BCUT2D eigenvalue weighted by atomic mass is 32.2. The summed E-state index contributed by atoms with van der Waals surface area (Å²) < 4.78 is 14.3. The molecule has 140 valence electrons. The molecular weight excluding hydrogens is 393 g/mol. The van der Waals surface area contributed by atoms with Crippen LogP contribution in [-0.2, 0) is 11.3 Å². The fraction of sp³-hybridized carbons (Fsp3) is 0.0952. The second-order valence-corrected chi connectivity index (χ2v) is 8.07. The van der Waals surface area contributed by atoms with Crippen molar-refractivity contribution in [2.24, 2.45) is 0 Å². The molecule has 0 saturated heterocycles. The van der Waals surface area contributed by atoms with E-state index in [0.29, 0.717) is 21.9 Å². The maximum atomic E-state index is 13.5. The van der Waals surface area contributed by atoms with Crippen molar-refractivity contribution in [1.29, 1.82) is 0 Å². The van der Waals surface area contributed by atoms with Gasteiger partial charge in [-0.3, -0.25) is 14.7 Å². The zero-order chi connectivity index (χ0) is 19.3. The van der Waals surface area contributed by atoms with Crippen molar-refractivity contribution in [3.8, 4) is 0 Å². The molecule has 0 saturated carbocycles. The Kier molecular flexibility index (Phi) is 5.64. The number of carbonyl (C=O) groups is 1. The van der Waals surface area contributed by atoms with E-state index in [1.807, 2.05) is 48.5 Å². The van der Waals surface area contributed by atoms with Crippen LogP contribution in [-0.4, -0.2) is 21.6 Å². The normalized spacial score (nSPS) is 10.9. The number of hydrogen-bond donors (Lipinski definition) is 0. The number of aromatic nitrogens is 2. The van der Waals surface area contributed by atoms with Gasteiger partial charge in [0.1, 0.15) is 5.82 Å². The Balaban J connectivity index is 1.61. The zero-order valence-corrected chi connectivity index (χ0v) is 16.4. The molecule has 0 aliphatic rings. The maximum Gasteiger partial charge on any atom is 0.239 e. The number of rotatable bonds is 6.